The van der Waals surface area contributed by atoms with Crippen molar-refractivity contribution in [1.29, 1.82) is 0 Å². The van der Waals surface area contributed by atoms with Crippen LogP contribution in [0.2, 0.25) is 0 Å². The molecule has 0 fully saturated rings. The Bertz CT molecular complexity index is 193. The molecule has 0 aliphatic heterocycles. The maximum Gasteiger partial charge on any atom is 0.314 e. The number of rotatable bonds is 8. The van der Waals surface area contributed by atoms with Gasteiger partial charge in [0.05, 0.1) is 0 Å². The number of hydrogen-bond donors (Lipinski definition) is 3. The largest absolute Gasteiger partial charge is 0.396 e. The van der Waals surface area contributed by atoms with Gasteiger partial charge in [-0.1, -0.05) is 27.2 Å². The SMILES string of the molecule is CCCNC(=O)NCCCCC(C)(C)CO. The number of carbonyl (C=O) groups excluding carboxylic acids is 1. The molecule has 0 aromatic carbocycles. The van der Waals surface area contributed by atoms with Crippen molar-refractivity contribution in [3.8, 4) is 0 Å². The molecule has 0 bridgehead atoms. The van der Waals surface area contributed by atoms with E-state index in [1.165, 1.54) is 0 Å². The zero-order chi connectivity index (χ0) is 12.4. The molecule has 0 aliphatic carbocycles. The molecule has 0 aliphatic rings. The summed E-state index contributed by atoms with van der Waals surface area (Å²) >= 11 is 0. The summed E-state index contributed by atoms with van der Waals surface area (Å²) in [5.41, 5.74) is 0.00443. The molecule has 0 rings (SSSR count). The van der Waals surface area contributed by atoms with Crippen molar-refractivity contribution in [2.24, 2.45) is 5.41 Å². The normalized spacial score (nSPS) is 11.2. The summed E-state index contributed by atoms with van der Waals surface area (Å²) in [5, 5.41) is 14.6. The molecule has 0 heterocycles. The summed E-state index contributed by atoms with van der Waals surface area (Å²) in [6.07, 6.45) is 3.93. The second-order valence-electron chi connectivity index (χ2n) is 4.96. The highest BCUT2D eigenvalue weighted by Crippen LogP contribution is 2.21. The van der Waals surface area contributed by atoms with Crippen LogP contribution in [-0.4, -0.2) is 30.8 Å². The van der Waals surface area contributed by atoms with E-state index in [0.29, 0.717) is 6.54 Å². The fourth-order valence-electron chi connectivity index (χ4n) is 1.31. The van der Waals surface area contributed by atoms with Crippen molar-refractivity contribution < 1.29 is 9.90 Å². The van der Waals surface area contributed by atoms with Gasteiger partial charge in [-0.3, -0.25) is 0 Å². The third-order valence-electron chi connectivity index (χ3n) is 2.53. The Morgan fingerprint density at radius 2 is 1.81 bits per heavy atom. The monoisotopic (exact) mass is 230 g/mol. The van der Waals surface area contributed by atoms with Gasteiger partial charge in [0.1, 0.15) is 0 Å². The summed E-state index contributed by atoms with van der Waals surface area (Å²) < 4.78 is 0. The first-order valence-corrected chi connectivity index (χ1v) is 6.14. The molecule has 4 nitrogen and oxygen atoms in total. The van der Waals surface area contributed by atoms with Crippen LogP contribution < -0.4 is 10.6 Å². The van der Waals surface area contributed by atoms with Crippen LogP contribution in [0.15, 0.2) is 0 Å². The van der Waals surface area contributed by atoms with Gasteiger partial charge in [-0.15, -0.1) is 0 Å². The molecule has 0 saturated heterocycles. The van der Waals surface area contributed by atoms with Crippen LogP contribution in [0.3, 0.4) is 0 Å². The first-order valence-electron chi connectivity index (χ1n) is 6.14. The summed E-state index contributed by atoms with van der Waals surface area (Å²) in [5.74, 6) is 0. The lowest BCUT2D eigenvalue weighted by molar-refractivity contribution is 0.147. The zero-order valence-electron chi connectivity index (χ0n) is 10.8. The van der Waals surface area contributed by atoms with E-state index in [4.69, 9.17) is 5.11 Å². The quantitative estimate of drug-likeness (QED) is 0.558. The van der Waals surface area contributed by atoms with E-state index >= 15 is 0 Å². The van der Waals surface area contributed by atoms with Crippen molar-refractivity contribution in [2.45, 2.75) is 46.5 Å². The average molecular weight is 230 g/mol. The number of hydrogen-bond acceptors (Lipinski definition) is 2. The molecular formula is C12H26N2O2. The Labute approximate surface area is 98.8 Å². The van der Waals surface area contributed by atoms with Crippen LogP contribution in [0.4, 0.5) is 4.79 Å². The third kappa shape index (κ3) is 8.53. The number of nitrogens with one attached hydrogen (secondary N) is 2. The number of unbranched alkanes of at least 4 members (excludes halogenated alkanes) is 1. The Hall–Kier alpha value is -0.770. The van der Waals surface area contributed by atoms with E-state index < -0.39 is 0 Å². The fourth-order valence-corrected chi connectivity index (χ4v) is 1.31. The van der Waals surface area contributed by atoms with E-state index in [-0.39, 0.29) is 18.1 Å². The van der Waals surface area contributed by atoms with Crippen LogP contribution in [0, 0.1) is 5.41 Å². The molecule has 3 N–H and O–H groups in total. The van der Waals surface area contributed by atoms with Gasteiger partial charge in [0.25, 0.3) is 0 Å². The Balaban J connectivity index is 3.36. The highest BCUT2D eigenvalue weighted by molar-refractivity contribution is 5.73. The Morgan fingerprint density at radius 1 is 1.19 bits per heavy atom. The van der Waals surface area contributed by atoms with Gasteiger partial charge >= 0.3 is 6.03 Å². The molecule has 0 saturated carbocycles. The average Bonchev–Trinajstić information content (AvgIpc) is 2.25. The zero-order valence-corrected chi connectivity index (χ0v) is 10.8. The van der Waals surface area contributed by atoms with E-state index in [9.17, 15) is 4.79 Å². The van der Waals surface area contributed by atoms with E-state index in [1.807, 2.05) is 20.8 Å². The van der Waals surface area contributed by atoms with Gasteiger partial charge < -0.3 is 15.7 Å². The van der Waals surface area contributed by atoms with Crippen LogP contribution >= 0.6 is 0 Å². The van der Waals surface area contributed by atoms with Crippen molar-refractivity contribution in [2.75, 3.05) is 19.7 Å². The smallest absolute Gasteiger partial charge is 0.314 e. The highest BCUT2D eigenvalue weighted by Gasteiger charge is 2.15. The summed E-state index contributed by atoms with van der Waals surface area (Å²) in [7, 11) is 0. The number of aliphatic hydroxyl groups excluding tert-OH is 1. The van der Waals surface area contributed by atoms with Crippen molar-refractivity contribution in [3.63, 3.8) is 0 Å². The van der Waals surface area contributed by atoms with Gasteiger partial charge in [-0.2, -0.15) is 0 Å². The molecule has 2 amide bonds. The lowest BCUT2D eigenvalue weighted by Gasteiger charge is -2.21. The van der Waals surface area contributed by atoms with Gasteiger partial charge in [0.15, 0.2) is 0 Å². The third-order valence-corrected chi connectivity index (χ3v) is 2.53. The highest BCUT2D eigenvalue weighted by atomic mass is 16.3. The standard InChI is InChI=1S/C12H26N2O2/c1-4-8-13-11(16)14-9-6-5-7-12(2,3)10-15/h15H,4-10H2,1-3H3,(H2,13,14,16). The molecule has 0 aromatic rings. The minimum absolute atomic E-state index is 0.00443. The molecule has 96 valence electrons. The summed E-state index contributed by atoms with van der Waals surface area (Å²) in [4.78, 5) is 11.2. The maximum absolute atomic E-state index is 11.2. The van der Waals surface area contributed by atoms with Crippen LogP contribution in [0.5, 0.6) is 0 Å². The Kier molecular flexibility index (Phi) is 7.99. The summed E-state index contributed by atoms with van der Waals surface area (Å²) in [6, 6.07) is -0.0803. The number of amides is 2. The fraction of sp³-hybridized carbons (Fsp3) is 0.917. The van der Waals surface area contributed by atoms with Crippen LogP contribution in [0.1, 0.15) is 46.5 Å². The summed E-state index contributed by atoms with van der Waals surface area (Å²) in [6.45, 7) is 7.78. The first kappa shape index (κ1) is 15.2. The van der Waals surface area contributed by atoms with Gasteiger partial charge in [0, 0.05) is 19.7 Å². The second-order valence-corrected chi connectivity index (χ2v) is 4.96. The van der Waals surface area contributed by atoms with Gasteiger partial charge in [0.2, 0.25) is 0 Å². The lowest BCUT2D eigenvalue weighted by atomic mass is 9.88. The van der Waals surface area contributed by atoms with Gasteiger partial charge in [-0.05, 0) is 24.7 Å². The molecule has 4 heteroatoms. The number of carbonyl (C=O) groups is 1. The minimum atomic E-state index is -0.0803. The van der Waals surface area contributed by atoms with Crippen molar-refractivity contribution >= 4 is 6.03 Å². The molecule has 0 atom stereocenters. The predicted octanol–water partition coefficient (Wildman–Crippen LogP) is 1.88. The van der Waals surface area contributed by atoms with E-state index in [2.05, 4.69) is 10.6 Å². The topological polar surface area (TPSA) is 61.4 Å². The van der Waals surface area contributed by atoms with Crippen molar-refractivity contribution in [1.82, 2.24) is 10.6 Å². The molecule has 0 spiro atoms. The predicted molar refractivity (Wildman–Crippen MR) is 66.4 cm³/mol. The maximum atomic E-state index is 11.2. The van der Waals surface area contributed by atoms with Crippen molar-refractivity contribution in [3.05, 3.63) is 0 Å². The Morgan fingerprint density at radius 3 is 2.38 bits per heavy atom. The first-order chi connectivity index (χ1) is 7.52. The van der Waals surface area contributed by atoms with Crippen LogP contribution in [-0.2, 0) is 0 Å². The second kappa shape index (κ2) is 8.39. The van der Waals surface area contributed by atoms with Gasteiger partial charge in [-0.25, -0.2) is 4.79 Å². The van der Waals surface area contributed by atoms with E-state index in [0.717, 1.165) is 32.2 Å². The molecule has 0 unspecified atom stereocenters. The minimum Gasteiger partial charge on any atom is -0.396 e. The molecule has 0 aromatic heterocycles. The lowest BCUT2D eigenvalue weighted by Crippen LogP contribution is -2.36. The molecular weight excluding hydrogens is 204 g/mol. The van der Waals surface area contributed by atoms with E-state index in [1.54, 1.807) is 0 Å². The molecule has 0 radical (unpaired) electrons. The number of urea groups is 1. The number of aliphatic hydroxyl groups is 1. The molecule has 16 heavy (non-hydrogen) atoms. The van der Waals surface area contributed by atoms with Crippen LogP contribution in [0.25, 0.3) is 0 Å².